The van der Waals surface area contributed by atoms with Crippen LogP contribution in [0.25, 0.3) is 28.2 Å². The first kappa shape index (κ1) is 20.6. The smallest absolute Gasteiger partial charge is 0.119 e. The Labute approximate surface area is 193 Å². The van der Waals surface area contributed by atoms with E-state index in [0.29, 0.717) is 6.61 Å². The van der Waals surface area contributed by atoms with Gasteiger partial charge in [0.1, 0.15) is 12.4 Å². The van der Waals surface area contributed by atoms with E-state index >= 15 is 0 Å². The number of ether oxygens (including phenoxy) is 1. The van der Waals surface area contributed by atoms with Crippen LogP contribution in [0, 0.1) is 6.92 Å². The molecule has 1 aromatic heterocycles. The fourth-order valence-corrected chi connectivity index (χ4v) is 3.83. The molecule has 0 bridgehead atoms. The number of rotatable bonds is 6. The van der Waals surface area contributed by atoms with Crippen LogP contribution >= 0.6 is 0 Å². The Kier molecular flexibility index (Phi) is 5.64. The summed E-state index contributed by atoms with van der Waals surface area (Å²) in [7, 11) is 0. The predicted molar refractivity (Wildman–Crippen MR) is 134 cm³/mol. The molecule has 1 heterocycles. The Bertz CT molecular complexity index is 1350. The minimum Gasteiger partial charge on any atom is -0.489 e. The Hall–Kier alpha value is -4.31. The van der Waals surface area contributed by atoms with E-state index in [0.717, 1.165) is 50.8 Å². The third-order valence-electron chi connectivity index (χ3n) is 5.66. The van der Waals surface area contributed by atoms with Crippen LogP contribution in [0.4, 0.5) is 5.69 Å². The van der Waals surface area contributed by atoms with Gasteiger partial charge in [0.15, 0.2) is 0 Å². The lowest BCUT2D eigenvalue weighted by Crippen LogP contribution is -2.01. The summed E-state index contributed by atoms with van der Waals surface area (Å²) in [5.74, 6) is 0.836. The van der Waals surface area contributed by atoms with Crippen molar-refractivity contribution >= 4 is 5.69 Å². The number of aromatic nitrogens is 2. The van der Waals surface area contributed by atoms with Gasteiger partial charge in [0.2, 0.25) is 0 Å². The van der Waals surface area contributed by atoms with Crippen LogP contribution in [0.2, 0.25) is 0 Å². The Morgan fingerprint density at radius 3 is 2.15 bits per heavy atom. The third kappa shape index (κ3) is 4.51. The first-order chi connectivity index (χ1) is 16.2. The third-order valence-corrected chi connectivity index (χ3v) is 5.66. The summed E-state index contributed by atoms with van der Waals surface area (Å²) >= 11 is 0. The van der Waals surface area contributed by atoms with Gasteiger partial charge in [0, 0.05) is 16.8 Å². The zero-order valence-electron chi connectivity index (χ0n) is 18.5. The Morgan fingerprint density at radius 2 is 1.42 bits per heavy atom. The molecule has 4 aromatic carbocycles. The van der Waals surface area contributed by atoms with Crippen LogP contribution < -0.4 is 10.5 Å². The highest BCUT2D eigenvalue weighted by Gasteiger charge is 2.14. The quantitative estimate of drug-likeness (QED) is 0.305. The van der Waals surface area contributed by atoms with E-state index in [1.807, 2.05) is 71.4 Å². The zero-order chi connectivity index (χ0) is 22.6. The second-order valence-corrected chi connectivity index (χ2v) is 8.03. The van der Waals surface area contributed by atoms with Crippen LogP contribution in [0.15, 0.2) is 109 Å². The number of benzene rings is 4. The van der Waals surface area contributed by atoms with Crippen LogP contribution in [0.1, 0.15) is 11.1 Å². The number of para-hydroxylation sites is 1. The molecule has 2 N–H and O–H groups in total. The van der Waals surface area contributed by atoms with E-state index in [1.54, 1.807) is 0 Å². The van der Waals surface area contributed by atoms with E-state index in [4.69, 9.17) is 15.6 Å². The predicted octanol–water partition coefficient (Wildman–Crippen LogP) is 6.68. The van der Waals surface area contributed by atoms with Gasteiger partial charge in [0.05, 0.1) is 17.1 Å². The highest BCUT2D eigenvalue weighted by molar-refractivity contribution is 5.72. The molecule has 33 heavy (non-hydrogen) atoms. The lowest BCUT2D eigenvalue weighted by molar-refractivity contribution is 0.306. The topological polar surface area (TPSA) is 53.1 Å². The second kappa shape index (κ2) is 9.05. The first-order valence-corrected chi connectivity index (χ1v) is 11.0. The normalized spacial score (nSPS) is 10.8. The molecule has 0 saturated heterocycles. The maximum absolute atomic E-state index is 5.97. The van der Waals surface area contributed by atoms with Crippen molar-refractivity contribution in [3.05, 3.63) is 120 Å². The minimum absolute atomic E-state index is 0.544. The van der Waals surface area contributed by atoms with Crippen molar-refractivity contribution in [2.24, 2.45) is 0 Å². The van der Waals surface area contributed by atoms with E-state index in [-0.39, 0.29) is 0 Å². The maximum Gasteiger partial charge on any atom is 0.119 e. The number of hydrogen-bond donors (Lipinski definition) is 1. The summed E-state index contributed by atoms with van der Waals surface area (Å²) < 4.78 is 7.98. The van der Waals surface area contributed by atoms with Crippen LogP contribution in [0.5, 0.6) is 5.75 Å². The molecule has 0 unspecified atom stereocenters. The Balaban J connectivity index is 1.49. The molecule has 5 aromatic rings. The lowest BCUT2D eigenvalue weighted by Gasteiger charge is -2.11. The monoisotopic (exact) mass is 431 g/mol. The van der Waals surface area contributed by atoms with Crippen molar-refractivity contribution in [3.63, 3.8) is 0 Å². The molecule has 0 aliphatic carbocycles. The van der Waals surface area contributed by atoms with Gasteiger partial charge in [-0.15, -0.1) is 0 Å². The molecule has 5 rings (SSSR count). The number of nitrogens with two attached hydrogens (primary N) is 1. The summed E-state index contributed by atoms with van der Waals surface area (Å²) in [4.78, 5) is 0. The molecular formula is C29H25N3O. The van der Waals surface area contributed by atoms with Crippen molar-refractivity contribution in [2.45, 2.75) is 13.5 Å². The van der Waals surface area contributed by atoms with E-state index in [1.165, 1.54) is 0 Å². The van der Waals surface area contributed by atoms with Crippen LogP contribution in [-0.2, 0) is 6.61 Å². The molecule has 0 spiro atoms. The summed E-state index contributed by atoms with van der Waals surface area (Å²) in [6.45, 7) is 2.65. The lowest BCUT2D eigenvalue weighted by atomic mass is 10.1. The average molecular weight is 432 g/mol. The molecule has 4 nitrogen and oxygen atoms in total. The number of hydrogen-bond acceptors (Lipinski definition) is 3. The fourth-order valence-electron chi connectivity index (χ4n) is 3.83. The molecule has 0 radical (unpaired) electrons. The van der Waals surface area contributed by atoms with Crippen molar-refractivity contribution in [1.82, 2.24) is 9.78 Å². The standard InChI is InChI=1S/C29H25N3O/c1-21-7-5-6-10-28(21)32-29(19-27(31-32)23-11-15-25(30)16-12-23)24-13-17-26(18-14-24)33-20-22-8-3-2-4-9-22/h2-19H,20,30H2,1H3. The number of nitrogens with zero attached hydrogens (tertiary/aromatic N) is 2. The number of nitrogen functional groups attached to an aromatic ring is 1. The highest BCUT2D eigenvalue weighted by atomic mass is 16.5. The van der Waals surface area contributed by atoms with Crippen molar-refractivity contribution in [1.29, 1.82) is 0 Å². The molecule has 0 atom stereocenters. The van der Waals surface area contributed by atoms with Crippen molar-refractivity contribution < 1.29 is 4.74 Å². The van der Waals surface area contributed by atoms with Gasteiger partial charge in [-0.05, 0) is 66.6 Å². The van der Waals surface area contributed by atoms with Gasteiger partial charge in [-0.2, -0.15) is 5.10 Å². The molecule has 0 aliphatic heterocycles. The summed E-state index contributed by atoms with van der Waals surface area (Å²) in [5.41, 5.74) is 14.0. The van der Waals surface area contributed by atoms with E-state index in [2.05, 4.69) is 49.4 Å². The molecule has 0 fully saturated rings. The van der Waals surface area contributed by atoms with Crippen LogP contribution in [-0.4, -0.2) is 9.78 Å². The average Bonchev–Trinajstić information content (AvgIpc) is 3.30. The molecule has 4 heteroatoms. The maximum atomic E-state index is 5.97. The first-order valence-electron chi connectivity index (χ1n) is 11.0. The molecule has 0 amide bonds. The van der Waals surface area contributed by atoms with E-state index < -0.39 is 0 Å². The summed E-state index contributed by atoms with van der Waals surface area (Å²) in [6.07, 6.45) is 0. The highest BCUT2D eigenvalue weighted by Crippen LogP contribution is 2.31. The second-order valence-electron chi connectivity index (χ2n) is 8.03. The molecule has 162 valence electrons. The number of aryl methyl sites for hydroxylation is 1. The SMILES string of the molecule is Cc1ccccc1-n1nc(-c2ccc(N)cc2)cc1-c1ccc(OCc2ccccc2)cc1. The van der Waals surface area contributed by atoms with Crippen LogP contribution in [0.3, 0.4) is 0 Å². The number of anilines is 1. The fraction of sp³-hybridized carbons (Fsp3) is 0.0690. The van der Waals surface area contributed by atoms with Gasteiger partial charge in [-0.1, -0.05) is 60.7 Å². The van der Waals surface area contributed by atoms with Gasteiger partial charge in [0.25, 0.3) is 0 Å². The van der Waals surface area contributed by atoms with Crippen molar-refractivity contribution in [2.75, 3.05) is 5.73 Å². The van der Waals surface area contributed by atoms with Gasteiger partial charge >= 0.3 is 0 Å². The summed E-state index contributed by atoms with van der Waals surface area (Å²) in [6, 6.07) is 36.6. The van der Waals surface area contributed by atoms with Crippen molar-refractivity contribution in [3.8, 4) is 34.0 Å². The van der Waals surface area contributed by atoms with Gasteiger partial charge in [-0.25, -0.2) is 4.68 Å². The Morgan fingerprint density at radius 1 is 0.758 bits per heavy atom. The molecule has 0 aliphatic rings. The summed E-state index contributed by atoms with van der Waals surface area (Å²) in [5, 5.41) is 4.96. The van der Waals surface area contributed by atoms with E-state index in [9.17, 15) is 0 Å². The zero-order valence-corrected chi connectivity index (χ0v) is 18.5. The van der Waals surface area contributed by atoms with Gasteiger partial charge in [-0.3, -0.25) is 0 Å². The molecule has 0 saturated carbocycles. The molecular weight excluding hydrogens is 406 g/mol. The minimum atomic E-state index is 0.544. The largest absolute Gasteiger partial charge is 0.489 e. The van der Waals surface area contributed by atoms with Gasteiger partial charge < -0.3 is 10.5 Å².